The van der Waals surface area contributed by atoms with Gasteiger partial charge in [-0.15, -0.1) is 0 Å². The fourth-order valence-electron chi connectivity index (χ4n) is 4.59. The number of benzene rings is 4. The number of nitrogens with one attached hydrogen (secondary N) is 1. The van der Waals surface area contributed by atoms with E-state index in [4.69, 9.17) is 21.3 Å². The van der Waals surface area contributed by atoms with Crippen LogP contribution in [0.4, 0.5) is 0 Å². The van der Waals surface area contributed by atoms with Gasteiger partial charge in [-0.25, -0.2) is 4.98 Å². The number of aromatic nitrogens is 2. The number of fused-ring (bicyclic) bond motifs is 1. The lowest BCUT2D eigenvalue weighted by atomic mass is 10.0. The Bertz CT molecular complexity index is 1500. The molecule has 5 aromatic rings. The molecule has 0 saturated heterocycles. The lowest BCUT2D eigenvalue weighted by Gasteiger charge is -2.17. The van der Waals surface area contributed by atoms with Gasteiger partial charge in [-0.3, -0.25) is 4.79 Å². The zero-order valence-electron chi connectivity index (χ0n) is 21.3. The Morgan fingerprint density at radius 2 is 1.58 bits per heavy atom. The molecule has 0 fully saturated rings. The molecule has 1 aromatic heterocycles. The molecule has 1 heterocycles. The lowest BCUT2D eigenvalue weighted by Crippen LogP contribution is -2.30. The summed E-state index contributed by atoms with van der Waals surface area (Å²) in [7, 11) is 0. The van der Waals surface area contributed by atoms with Gasteiger partial charge in [-0.1, -0.05) is 78.3 Å². The van der Waals surface area contributed by atoms with Crippen LogP contribution in [0, 0.1) is 0 Å². The minimum atomic E-state index is -0.240. The Morgan fingerprint density at radius 1 is 0.895 bits per heavy atom. The molecule has 5 nitrogen and oxygen atoms in total. The number of halogens is 1. The summed E-state index contributed by atoms with van der Waals surface area (Å²) in [4.78, 5) is 17.8. The van der Waals surface area contributed by atoms with Crippen molar-refractivity contribution in [1.29, 1.82) is 0 Å². The number of imidazole rings is 1. The molecule has 0 aliphatic carbocycles. The largest absolute Gasteiger partial charge is 0.494 e. The van der Waals surface area contributed by atoms with Gasteiger partial charge in [0.05, 0.1) is 30.1 Å². The second-order valence-corrected chi connectivity index (χ2v) is 9.73. The van der Waals surface area contributed by atoms with E-state index in [1.165, 1.54) is 0 Å². The summed E-state index contributed by atoms with van der Waals surface area (Å²) < 4.78 is 8.06. The zero-order chi connectivity index (χ0) is 26.3. The van der Waals surface area contributed by atoms with Crippen LogP contribution in [0.1, 0.15) is 30.8 Å². The number of para-hydroxylation sites is 2. The molecule has 0 spiro atoms. The SMILES string of the molecule is CC(NC(=O)Cc1ccc(-c2ccccc2)cc1)c1nc2ccccc2n1CCCOc1ccc(Cl)cc1. The van der Waals surface area contributed by atoms with Crippen molar-refractivity contribution in [3.63, 3.8) is 0 Å². The Balaban J connectivity index is 1.22. The number of ether oxygens (including phenoxy) is 1. The first kappa shape index (κ1) is 25.6. The van der Waals surface area contributed by atoms with Crippen LogP contribution in [0.5, 0.6) is 5.75 Å². The summed E-state index contributed by atoms with van der Waals surface area (Å²) in [5.74, 6) is 1.60. The van der Waals surface area contributed by atoms with Crippen LogP contribution < -0.4 is 10.1 Å². The van der Waals surface area contributed by atoms with E-state index in [0.29, 0.717) is 18.1 Å². The minimum absolute atomic E-state index is 0.0327. The lowest BCUT2D eigenvalue weighted by molar-refractivity contribution is -0.121. The van der Waals surface area contributed by atoms with Gasteiger partial charge in [0.15, 0.2) is 0 Å². The van der Waals surface area contributed by atoms with E-state index in [1.54, 1.807) is 0 Å². The predicted octanol–water partition coefficient (Wildman–Crippen LogP) is 7.25. The monoisotopic (exact) mass is 523 g/mol. The number of aryl methyl sites for hydroxylation is 1. The van der Waals surface area contributed by atoms with Crippen molar-refractivity contribution in [2.45, 2.75) is 32.4 Å². The van der Waals surface area contributed by atoms with Crippen molar-refractivity contribution in [2.75, 3.05) is 6.61 Å². The fraction of sp³-hybridized carbons (Fsp3) is 0.188. The van der Waals surface area contributed by atoms with E-state index < -0.39 is 0 Å². The Hall–Kier alpha value is -4.09. The third kappa shape index (κ3) is 6.24. The second kappa shape index (κ2) is 12.0. The number of hydrogen-bond donors (Lipinski definition) is 1. The first-order valence-electron chi connectivity index (χ1n) is 12.8. The summed E-state index contributed by atoms with van der Waals surface area (Å²) in [6.07, 6.45) is 1.11. The van der Waals surface area contributed by atoms with Gasteiger partial charge in [0.1, 0.15) is 11.6 Å². The van der Waals surface area contributed by atoms with Crippen LogP contribution in [-0.4, -0.2) is 22.1 Å². The Labute approximate surface area is 228 Å². The molecule has 0 saturated carbocycles. The molecule has 5 rings (SSSR count). The molecule has 0 bridgehead atoms. The minimum Gasteiger partial charge on any atom is -0.494 e. The summed E-state index contributed by atoms with van der Waals surface area (Å²) >= 11 is 5.96. The molecule has 1 N–H and O–H groups in total. The van der Waals surface area contributed by atoms with Crippen LogP contribution in [0.25, 0.3) is 22.2 Å². The molecular formula is C32H30ClN3O2. The van der Waals surface area contributed by atoms with Gasteiger partial charge in [0.25, 0.3) is 0 Å². The highest BCUT2D eigenvalue weighted by atomic mass is 35.5. The molecule has 4 aromatic carbocycles. The highest BCUT2D eigenvalue weighted by Gasteiger charge is 2.18. The van der Waals surface area contributed by atoms with Gasteiger partial charge in [0, 0.05) is 11.6 Å². The van der Waals surface area contributed by atoms with Gasteiger partial charge >= 0.3 is 0 Å². The number of rotatable bonds is 10. The van der Waals surface area contributed by atoms with Crippen LogP contribution >= 0.6 is 11.6 Å². The third-order valence-electron chi connectivity index (χ3n) is 6.48. The van der Waals surface area contributed by atoms with Gasteiger partial charge < -0.3 is 14.6 Å². The first-order chi connectivity index (χ1) is 18.6. The smallest absolute Gasteiger partial charge is 0.224 e. The quantitative estimate of drug-likeness (QED) is 0.196. The summed E-state index contributed by atoms with van der Waals surface area (Å²) in [5, 5.41) is 3.83. The van der Waals surface area contributed by atoms with E-state index in [2.05, 4.69) is 40.2 Å². The van der Waals surface area contributed by atoms with Gasteiger partial charge in [-0.2, -0.15) is 0 Å². The van der Waals surface area contributed by atoms with Crippen molar-refractivity contribution in [1.82, 2.24) is 14.9 Å². The molecule has 1 unspecified atom stereocenters. The van der Waals surface area contributed by atoms with Crippen molar-refractivity contribution in [3.8, 4) is 16.9 Å². The predicted molar refractivity (Wildman–Crippen MR) is 153 cm³/mol. The molecule has 38 heavy (non-hydrogen) atoms. The van der Waals surface area contributed by atoms with Crippen molar-refractivity contribution in [2.24, 2.45) is 0 Å². The zero-order valence-corrected chi connectivity index (χ0v) is 22.1. The molecule has 1 amide bonds. The molecule has 0 aliphatic rings. The van der Waals surface area contributed by atoms with Gasteiger partial charge in [-0.05, 0) is 66.4 Å². The van der Waals surface area contributed by atoms with E-state index >= 15 is 0 Å². The molecular weight excluding hydrogens is 494 g/mol. The average Bonchev–Trinajstić information content (AvgIpc) is 3.32. The average molecular weight is 524 g/mol. The maximum Gasteiger partial charge on any atom is 0.224 e. The van der Waals surface area contributed by atoms with Crippen molar-refractivity contribution < 1.29 is 9.53 Å². The maximum atomic E-state index is 12.9. The Morgan fingerprint density at radius 3 is 2.34 bits per heavy atom. The first-order valence-corrected chi connectivity index (χ1v) is 13.2. The highest BCUT2D eigenvalue weighted by molar-refractivity contribution is 6.30. The number of nitrogens with zero attached hydrogens (tertiary/aromatic N) is 2. The third-order valence-corrected chi connectivity index (χ3v) is 6.74. The summed E-state index contributed by atoms with van der Waals surface area (Å²) in [6, 6.07) is 33.6. The molecule has 0 aliphatic heterocycles. The normalized spacial score (nSPS) is 11.8. The highest BCUT2D eigenvalue weighted by Crippen LogP contribution is 2.23. The molecule has 6 heteroatoms. The van der Waals surface area contributed by atoms with E-state index in [0.717, 1.165) is 52.3 Å². The van der Waals surface area contributed by atoms with Gasteiger partial charge in [0.2, 0.25) is 5.91 Å². The Kier molecular flexibility index (Phi) is 8.05. The number of carbonyl (C=O) groups is 1. The van der Waals surface area contributed by atoms with Crippen LogP contribution in [0.2, 0.25) is 5.02 Å². The van der Waals surface area contributed by atoms with E-state index in [1.807, 2.05) is 79.7 Å². The van der Waals surface area contributed by atoms with Crippen LogP contribution in [-0.2, 0) is 17.8 Å². The van der Waals surface area contributed by atoms with Crippen molar-refractivity contribution >= 4 is 28.5 Å². The second-order valence-electron chi connectivity index (χ2n) is 9.30. The van der Waals surface area contributed by atoms with Crippen molar-refractivity contribution in [3.05, 3.63) is 120 Å². The molecule has 192 valence electrons. The summed E-state index contributed by atoms with van der Waals surface area (Å²) in [6.45, 7) is 3.27. The molecule has 1 atom stereocenters. The number of amides is 1. The number of carbonyl (C=O) groups excluding carboxylic acids is 1. The topological polar surface area (TPSA) is 56.2 Å². The molecule has 0 radical (unpaired) electrons. The van der Waals surface area contributed by atoms with Crippen LogP contribution in [0.3, 0.4) is 0 Å². The van der Waals surface area contributed by atoms with E-state index in [9.17, 15) is 4.79 Å². The fourth-order valence-corrected chi connectivity index (χ4v) is 4.72. The van der Waals surface area contributed by atoms with E-state index in [-0.39, 0.29) is 11.9 Å². The maximum absolute atomic E-state index is 12.9. The summed E-state index contributed by atoms with van der Waals surface area (Å²) in [5.41, 5.74) is 5.24. The standard InChI is InChI=1S/C32H30ClN3O2/c1-23(34-31(37)22-24-12-14-26(15-13-24)25-8-3-2-4-9-25)32-35-29-10-5-6-11-30(29)36(32)20-7-21-38-28-18-16-27(33)17-19-28/h2-6,8-19,23H,7,20-22H2,1H3,(H,34,37). The van der Waals surface area contributed by atoms with Crippen LogP contribution in [0.15, 0.2) is 103 Å². The number of hydrogen-bond acceptors (Lipinski definition) is 3.